The standard InChI is InChI=1S/C19H19NO4/c1-22-12-16-5-3-2-4-15(16)11-20-19(21)9-7-14-6-8-17-18(10-14)24-13-23-17/h2-10H,11-13H2,1H3,(H,20,21)/b9-7+. The zero-order valence-corrected chi connectivity index (χ0v) is 13.5. The molecule has 0 spiro atoms. The SMILES string of the molecule is COCc1ccccc1CNC(=O)/C=C/c1ccc2c(c1)OCO2. The summed E-state index contributed by atoms with van der Waals surface area (Å²) >= 11 is 0. The summed E-state index contributed by atoms with van der Waals surface area (Å²) < 4.78 is 15.7. The predicted molar refractivity (Wildman–Crippen MR) is 90.6 cm³/mol. The number of hydrogen-bond acceptors (Lipinski definition) is 4. The molecule has 5 nitrogen and oxygen atoms in total. The molecule has 124 valence electrons. The first kappa shape index (κ1) is 16.1. The Hall–Kier alpha value is -2.79. The van der Waals surface area contributed by atoms with E-state index in [1.165, 1.54) is 6.08 Å². The molecule has 0 aliphatic carbocycles. The van der Waals surface area contributed by atoms with Gasteiger partial charge in [-0.2, -0.15) is 0 Å². The molecule has 0 atom stereocenters. The van der Waals surface area contributed by atoms with Gasteiger partial charge in [-0.25, -0.2) is 0 Å². The fourth-order valence-electron chi connectivity index (χ4n) is 2.46. The van der Waals surface area contributed by atoms with E-state index < -0.39 is 0 Å². The van der Waals surface area contributed by atoms with Gasteiger partial charge in [0.25, 0.3) is 0 Å². The fourth-order valence-corrected chi connectivity index (χ4v) is 2.46. The lowest BCUT2D eigenvalue weighted by Crippen LogP contribution is -2.21. The van der Waals surface area contributed by atoms with Crippen LogP contribution in [0.25, 0.3) is 6.08 Å². The van der Waals surface area contributed by atoms with E-state index >= 15 is 0 Å². The molecule has 0 radical (unpaired) electrons. The zero-order valence-electron chi connectivity index (χ0n) is 13.5. The molecule has 3 rings (SSSR count). The molecule has 2 aromatic rings. The van der Waals surface area contributed by atoms with E-state index in [-0.39, 0.29) is 12.7 Å². The third kappa shape index (κ3) is 3.94. The van der Waals surface area contributed by atoms with Crippen LogP contribution in [0.5, 0.6) is 11.5 Å². The quantitative estimate of drug-likeness (QED) is 0.830. The lowest BCUT2D eigenvalue weighted by Gasteiger charge is -2.09. The van der Waals surface area contributed by atoms with Gasteiger partial charge < -0.3 is 19.5 Å². The van der Waals surface area contributed by atoms with Crippen LogP contribution in [-0.4, -0.2) is 19.8 Å². The van der Waals surface area contributed by atoms with Crippen molar-refractivity contribution in [2.24, 2.45) is 0 Å². The van der Waals surface area contributed by atoms with Crippen LogP contribution in [0.4, 0.5) is 0 Å². The van der Waals surface area contributed by atoms with E-state index in [2.05, 4.69) is 5.32 Å². The van der Waals surface area contributed by atoms with Crippen molar-refractivity contribution in [1.29, 1.82) is 0 Å². The minimum atomic E-state index is -0.153. The van der Waals surface area contributed by atoms with Crippen molar-refractivity contribution in [3.8, 4) is 11.5 Å². The summed E-state index contributed by atoms with van der Waals surface area (Å²) in [6, 6.07) is 13.4. The Balaban J connectivity index is 1.58. The van der Waals surface area contributed by atoms with Crippen LogP contribution in [0.15, 0.2) is 48.5 Å². The van der Waals surface area contributed by atoms with Gasteiger partial charge in [-0.3, -0.25) is 4.79 Å². The van der Waals surface area contributed by atoms with E-state index in [4.69, 9.17) is 14.2 Å². The maximum Gasteiger partial charge on any atom is 0.244 e. The van der Waals surface area contributed by atoms with Crippen molar-refractivity contribution in [2.45, 2.75) is 13.2 Å². The Labute approximate surface area is 140 Å². The van der Waals surface area contributed by atoms with Crippen molar-refractivity contribution in [1.82, 2.24) is 5.32 Å². The number of nitrogens with one attached hydrogen (secondary N) is 1. The number of carbonyl (C=O) groups is 1. The van der Waals surface area contributed by atoms with E-state index in [1.807, 2.05) is 42.5 Å². The molecule has 5 heteroatoms. The second-order valence-electron chi connectivity index (χ2n) is 5.37. The van der Waals surface area contributed by atoms with Crippen molar-refractivity contribution in [2.75, 3.05) is 13.9 Å². The predicted octanol–water partition coefficient (Wildman–Crippen LogP) is 2.89. The second kappa shape index (κ2) is 7.66. The minimum Gasteiger partial charge on any atom is -0.454 e. The first-order valence-electron chi connectivity index (χ1n) is 7.67. The van der Waals surface area contributed by atoms with Crippen molar-refractivity contribution >= 4 is 12.0 Å². The molecule has 0 aromatic heterocycles. The number of ether oxygens (including phenoxy) is 3. The molecule has 0 unspecified atom stereocenters. The molecule has 1 N–H and O–H groups in total. The summed E-state index contributed by atoms with van der Waals surface area (Å²) in [7, 11) is 1.66. The highest BCUT2D eigenvalue weighted by Crippen LogP contribution is 2.32. The molecular formula is C19H19NO4. The fraction of sp³-hybridized carbons (Fsp3) is 0.211. The van der Waals surface area contributed by atoms with Crippen LogP contribution >= 0.6 is 0 Å². The minimum absolute atomic E-state index is 0.153. The molecule has 24 heavy (non-hydrogen) atoms. The Bertz CT molecular complexity index is 755. The van der Waals surface area contributed by atoms with Crippen LogP contribution in [0.1, 0.15) is 16.7 Å². The lowest BCUT2D eigenvalue weighted by molar-refractivity contribution is -0.116. The number of amides is 1. The molecule has 0 saturated heterocycles. The topological polar surface area (TPSA) is 56.8 Å². The normalized spacial score (nSPS) is 12.5. The number of methoxy groups -OCH3 is 1. The van der Waals surface area contributed by atoms with Crippen molar-refractivity contribution in [3.63, 3.8) is 0 Å². The number of fused-ring (bicyclic) bond motifs is 1. The number of carbonyl (C=O) groups excluding carboxylic acids is 1. The van der Waals surface area contributed by atoms with E-state index in [0.717, 1.165) is 22.4 Å². The molecule has 1 aliphatic heterocycles. The van der Waals surface area contributed by atoms with Crippen LogP contribution in [0.3, 0.4) is 0 Å². The Morgan fingerprint density at radius 2 is 1.96 bits per heavy atom. The average Bonchev–Trinajstić information content (AvgIpc) is 3.07. The highest BCUT2D eigenvalue weighted by molar-refractivity contribution is 5.91. The van der Waals surface area contributed by atoms with E-state index in [0.29, 0.717) is 18.9 Å². The first-order chi connectivity index (χ1) is 11.8. The van der Waals surface area contributed by atoms with Crippen LogP contribution in [0.2, 0.25) is 0 Å². The van der Waals surface area contributed by atoms with Gasteiger partial charge in [-0.1, -0.05) is 30.3 Å². The van der Waals surface area contributed by atoms with Crippen LogP contribution in [0, 0.1) is 0 Å². The molecule has 0 saturated carbocycles. The van der Waals surface area contributed by atoms with Crippen LogP contribution < -0.4 is 14.8 Å². The monoisotopic (exact) mass is 325 g/mol. The summed E-state index contributed by atoms with van der Waals surface area (Å²) in [6.07, 6.45) is 3.26. The van der Waals surface area contributed by atoms with Crippen molar-refractivity contribution in [3.05, 3.63) is 65.2 Å². The average molecular weight is 325 g/mol. The molecule has 2 aromatic carbocycles. The smallest absolute Gasteiger partial charge is 0.244 e. The summed E-state index contributed by atoms with van der Waals surface area (Å²) in [5, 5.41) is 2.88. The maximum absolute atomic E-state index is 12.0. The summed E-state index contributed by atoms with van der Waals surface area (Å²) in [6.45, 7) is 1.23. The summed E-state index contributed by atoms with van der Waals surface area (Å²) in [5.41, 5.74) is 3.00. The molecule has 0 bridgehead atoms. The Morgan fingerprint density at radius 1 is 1.17 bits per heavy atom. The molecule has 1 aliphatic rings. The summed E-state index contributed by atoms with van der Waals surface area (Å²) in [5.74, 6) is 1.28. The molecule has 0 fully saturated rings. The number of benzene rings is 2. The second-order valence-corrected chi connectivity index (χ2v) is 5.37. The third-order valence-corrected chi connectivity index (χ3v) is 3.70. The molecule has 1 amide bonds. The molecule has 1 heterocycles. The number of hydrogen-bond donors (Lipinski definition) is 1. The lowest BCUT2D eigenvalue weighted by atomic mass is 10.1. The van der Waals surface area contributed by atoms with Gasteiger partial charge >= 0.3 is 0 Å². The van der Waals surface area contributed by atoms with E-state index in [9.17, 15) is 4.79 Å². The Morgan fingerprint density at radius 3 is 2.79 bits per heavy atom. The van der Waals surface area contributed by atoms with Gasteiger partial charge in [0.1, 0.15) is 0 Å². The van der Waals surface area contributed by atoms with Gasteiger partial charge in [-0.15, -0.1) is 0 Å². The first-order valence-corrected chi connectivity index (χ1v) is 7.67. The highest BCUT2D eigenvalue weighted by Gasteiger charge is 2.12. The maximum atomic E-state index is 12.0. The van der Waals surface area contributed by atoms with Gasteiger partial charge in [-0.05, 0) is 34.9 Å². The van der Waals surface area contributed by atoms with Crippen LogP contribution in [-0.2, 0) is 22.7 Å². The largest absolute Gasteiger partial charge is 0.454 e. The zero-order chi connectivity index (χ0) is 16.8. The van der Waals surface area contributed by atoms with Gasteiger partial charge in [0, 0.05) is 19.7 Å². The summed E-state index contributed by atoms with van der Waals surface area (Å²) in [4.78, 5) is 12.0. The highest BCUT2D eigenvalue weighted by atomic mass is 16.7. The van der Waals surface area contributed by atoms with Crippen molar-refractivity contribution < 1.29 is 19.0 Å². The van der Waals surface area contributed by atoms with Gasteiger partial charge in [0.2, 0.25) is 12.7 Å². The Kier molecular flexibility index (Phi) is 5.13. The van der Waals surface area contributed by atoms with Gasteiger partial charge in [0.15, 0.2) is 11.5 Å². The number of rotatable bonds is 6. The molecular weight excluding hydrogens is 306 g/mol. The third-order valence-electron chi connectivity index (χ3n) is 3.70. The van der Waals surface area contributed by atoms with Gasteiger partial charge in [0.05, 0.1) is 6.61 Å². The van der Waals surface area contributed by atoms with E-state index in [1.54, 1.807) is 13.2 Å².